The van der Waals surface area contributed by atoms with E-state index in [1.165, 1.54) is 16.8 Å². The largest absolute Gasteiger partial charge is 0.358 e. The quantitative estimate of drug-likeness (QED) is 0.345. The Balaban J connectivity index is 1.49. The molecule has 0 spiro atoms. The Bertz CT molecular complexity index is 1410. The summed E-state index contributed by atoms with van der Waals surface area (Å²) in [4.78, 5) is 26.0. The van der Waals surface area contributed by atoms with Crippen molar-refractivity contribution >= 4 is 0 Å². The van der Waals surface area contributed by atoms with E-state index in [0.717, 1.165) is 16.7 Å². The van der Waals surface area contributed by atoms with E-state index in [9.17, 15) is 9.59 Å². The van der Waals surface area contributed by atoms with Crippen molar-refractivity contribution in [2.75, 3.05) is 20.8 Å². The van der Waals surface area contributed by atoms with Crippen molar-refractivity contribution in [1.29, 1.82) is 0 Å². The fourth-order valence-corrected chi connectivity index (χ4v) is 4.92. The minimum atomic E-state index is -0.948. The Morgan fingerprint density at radius 3 is 2.18 bits per heavy atom. The van der Waals surface area contributed by atoms with E-state index in [1.54, 1.807) is 20.3 Å². The van der Waals surface area contributed by atoms with Gasteiger partial charge in [-0.2, -0.15) is 0 Å². The van der Waals surface area contributed by atoms with Crippen LogP contribution < -0.4 is 11.2 Å². The van der Waals surface area contributed by atoms with E-state index in [0.29, 0.717) is 6.42 Å². The van der Waals surface area contributed by atoms with Gasteiger partial charge in [-0.1, -0.05) is 78.9 Å². The molecule has 2 aromatic carbocycles. The van der Waals surface area contributed by atoms with Gasteiger partial charge in [-0.3, -0.25) is 14.3 Å². The molecule has 1 aromatic heterocycles. The van der Waals surface area contributed by atoms with Crippen molar-refractivity contribution in [1.82, 2.24) is 9.55 Å². The van der Waals surface area contributed by atoms with Crippen molar-refractivity contribution in [3.05, 3.63) is 141 Å². The van der Waals surface area contributed by atoms with E-state index in [1.807, 2.05) is 78.9 Å². The molecule has 0 saturated heterocycles. The molecule has 38 heavy (non-hydrogen) atoms. The average molecular weight is 515 g/mol. The summed E-state index contributed by atoms with van der Waals surface area (Å²) in [5.41, 5.74) is 0.920. The molecule has 0 radical (unpaired) electrons. The Hall–Kier alpha value is -3.82. The molecule has 3 aromatic rings. The Labute approximate surface area is 220 Å². The molecule has 1 aliphatic carbocycles. The number of aromatic amines is 1. The summed E-state index contributed by atoms with van der Waals surface area (Å²) in [5.74, 6) is -0.836. The molecule has 5 rings (SSSR count). The SMILES string of the molecule is COC1(OC)C=CC(C(OC[C@@H]2C=C[C@H](n3ccc(=O)[nH]c3=O)O2)(c2ccccc2)c2ccccc2)=CC1. The molecular formula is C30H30N2O6. The summed E-state index contributed by atoms with van der Waals surface area (Å²) >= 11 is 0. The molecule has 8 nitrogen and oxygen atoms in total. The topological polar surface area (TPSA) is 91.8 Å². The zero-order valence-corrected chi connectivity index (χ0v) is 21.3. The van der Waals surface area contributed by atoms with Crippen LogP contribution >= 0.6 is 0 Å². The lowest BCUT2D eigenvalue weighted by Gasteiger charge is -2.40. The number of rotatable bonds is 9. The van der Waals surface area contributed by atoms with E-state index in [2.05, 4.69) is 11.1 Å². The lowest BCUT2D eigenvalue weighted by Crippen LogP contribution is -2.39. The first kappa shape index (κ1) is 25.8. The van der Waals surface area contributed by atoms with Gasteiger partial charge in [0.05, 0.1) is 6.61 Å². The fourth-order valence-electron chi connectivity index (χ4n) is 4.92. The molecule has 0 saturated carbocycles. The van der Waals surface area contributed by atoms with Gasteiger partial charge < -0.3 is 18.9 Å². The highest BCUT2D eigenvalue weighted by molar-refractivity contribution is 5.51. The molecule has 0 amide bonds. The predicted octanol–water partition coefficient (Wildman–Crippen LogP) is 3.83. The summed E-state index contributed by atoms with van der Waals surface area (Å²) in [6.07, 6.45) is 10.5. The van der Waals surface area contributed by atoms with Crippen LogP contribution in [0.3, 0.4) is 0 Å². The van der Waals surface area contributed by atoms with Gasteiger partial charge in [0.25, 0.3) is 5.56 Å². The van der Waals surface area contributed by atoms with Gasteiger partial charge in [-0.15, -0.1) is 0 Å². The van der Waals surface area contributed by atoms with E-state index >= 15 is 0 Å². The third-order valence-corrected chi connectivity index (χ3v) is 6.98. The minimum Gasteiger partial charge on any atom is -0.358 e. The van der Waals surface area contributed by atoms with Crippen LogP contribution in [0.1, 0.15) is 23.8 Å². The van der Waals surface area contributed by atoms with E-state index < -0.39 is 35.0 Å². The summed E-state index contributed by atoms with van der Waals surface area (Å²) in [6, 6.07) is 21.4. The molecule has 0 unspecified atom stereocenters. The normalized spacial score (nSPS) is 20.4. The molecule has 2 atom stereocenters. The highest BCUT2D eigenvalue weighted by Gasteiger charge is 2.42. The summed E-state index contributed by atoms with van der Waals surface area (Å²) in [5, 5.41) is 0. The lowest BCUT2D eigenvalue weighted by molar-refractivity contribution is -0.168. The first-order chi connectivity index (χ1) is 18.5. The number of hydrogen-bond acceptors (Lipinski definition) is 6. The average Bonchev–Trinajstić information content (AvgIpc) is 3.43. The van der Waals surface area contributed by atoms with Crippen LogP contribution in [0, 0.1) is 0 Å². The molecule has 2 aliphatic rings. The second-order valence-corrected chi connectivity index (χ2v) is 9.11. The van der Waals surface area contributed by atoms with Crippen LogP contribution in [0.25, 0.3) is 0 Å². The number of hydrogen-bond donors (Lipinski definition) is 1. The molecule has 0 fully saturated rings. The third kappa shape index (κ3) is 4.87. The number of nitrogens with zero attached hydrogens (tertiary/aromatic N) is 1. The van der Waals surface area contributed by atoms with Crippen molar-refractivity contribution < 1.29 is 18.9 Å². The van der Waals surface area contributed by atoms with Crippen LogP contribution in [0.4, 0.5) is 0 Å². The van der Waals surface area contributed by atoms with Gasteiger partial charge in [0.2, 0.25) is 0 Å². The molecule has 1 N–H and O–H groups in total. The van der Waals surface area contributed by atoms with Crippen molar-refractivity contribution in [2.24, 2.45) is 0 Å². The van der Waals surface area contributed by atoms with Crippen LogP contribution in [0.2, 0.25) is 0 Å². The molecule has 2 heterocycles. The Kier molecular flexibility index (Phi) is 7.40. The number of nitrogens with one attached hydrogen (secondary N) is 1. The first-order valence-electron chi connectivity index (χ1n) is 12.4. The zero-order valence-electron chi connectivity index (χ0n) is 21.3. The Morgan fingerprint density at radius 1 is 0.974 bits per heavy atom. The number of H-pyrrole nitrogens is 1. The molecule has 1 aliphatic heterocycles. The number of methoxy groups -OCH3 is 2. The lowest BCUT2D eigenvalue weighted by atomic mass is 9.77. The monoisotopic (exact) mass is 514 g/mol. The van der Waals surface area contributed by atoms with Gasteiger partial charge in [-0.25, -0.2) is 4.79 Å². The molecular weight excluding hydrogens is 484 g/mol. The van der Waals surface area contributed by atoms with E-state index in [-0.39, 0.29) is 6.61 Å². The molecule has 8 heteroatoms. The number of aromatic nitrogens is 2. The predicted molar refractivity (Wildman–Crippen MR) is 143 cm³/mol. The van der Waals surface area contributed by atoms with E-state index in [4.69, 9.17) is 18.9 Å². The number of benzene rings is 2. The van der Waals surface area contributed by atoms with Crippen LogP contribution in [-0.2, 0) is 24.5 Å². The smallest absolute Gasteiger partial charge is 0.330 e. The zero-order chi connectivity index (χ0) is 26.6. The number of ether oxygens (including phenoxy) is 4. The summed E-state index contributed by atoms with van der Waals surface area (Å²) < 4.78 is 25.6. The summed E-state index contributed by atoms with van der Waals surface area (Å²) in [7, 11) is 3.25. The Morgan fingerprint density at radius 2 is 1.63 bits per heavy atom. The molecule has 0 bridgehead atoms. The van der Waals surface area contributed by atoms with Gasteiger partial charge in [0.1, 0.15) is 11.7 Å². The fraction of sp³-hybridized carbons (Fsp3) is 0.267. The highest BCUT2D eigenvalue weighted by Crippen LogP contribution is 2.44. The summed E-state index contributed by atoms with van der Waals surface area (Å²) in [6.45, 7) is 0.208. The second-order valence-electron chi connectivity index (χ2n) is 9.11. The third-order valence-electron chi connectivity index (χ3n) is 6.98. The minimum absolute atomic E-state index is 0.208. The van der Waals surface area contributed by atoms with Gasteiger partial charge in [0.15, 0.2) is 12.0 Å². The van der Waals surface area contributed by atoms with Gasteiger partial charge in [-0.05, 0) is 28.9 Å². The van der Waals surface area contributed by atoms with Gasteiger partial charge in [0, 0.05) is 32.9 Å². The first-order valence-corrected chi connectivity index (χ1v) is 12.4. The maximum atomic E-state index is 12.3. The second kappa shape index (κ2) is 10.9. The highest BCUT2D eigenvalue weighted by atomic mass is 16.7. The van der Waals surface area contributed by atoms with Crippen molar-refractivity contribution in [3.63, 3.8) is 0 Å². The van der Waals surface area contributed by atoms with Crippen LogP contribution in [0.15, 0.2) is 118 Å². The van der Waals surface area contributed by atoms with Gasteiger partial charge >= 0.3 is 5.69 Å². The maximum absolute atomic E-state index is 12.3. The van der Waals surface area contributed by atoms with Crippen molar-refractivity contribution in [2.45, 2.75) is 30.1 Å². The van der Waals surface area contributed by atoms with Crippen LogP contribution in [0.5, 0.6) is 0 Å². The maximum Gasteiger partial charge on any atom is 0.330 e. The van der Waals surface area contributed by atoms with Crippen molar-refractivity contribution in [3.8, 4) is 0 Å². The van der Waals surface area contributed by atoms with Crippen LogP contribution in [-0.4, -0.2) is 42.3 Å². The molecule has 196 valence electrons. The standard InChI is InChI=1S/C30H30N2O6/c1-35-29(36-2)18-15-24(16-19-29)30(22-9-5-3-6-10-22,23-11-7-4-8-12-23)37-21-25-13-14-27(38-25)32-20-17-26(33)31-28(32)34/h3-18,20,25,27H,19,21H2,1-2H3,(H,31,33,34)/t25-,27+/m0/s1.